The summed E-state index contributed by atoms with van der Waals surface area (Å²) in [7, 11) is 0. The van der Waals surface area contributed by atoms with Crippen LogP contribution in [0.5, 0.6) is 0 Å². The van der Waals surface area contributed by atoms with Gasteiger partial charge >= 0.3 is 0 Å². The van der Waals surface area contributed by atoms with Crippen LogP contribution in [0, 0.1) is 27.7 Å². The normalized spacial score (nSPS) is 14.1. The quantitative estimate of drug-likeness (QED) is 0.517. The molecular weight excluding hydrogens is 376 g/mol. The van der Waals surface area contributed by atoms with Crippen LogP contribution in [0.2, 0.25) is 5.02 Å². The molecule has 0 amide bonds. The van der Waals surface area contributed by atoms with E-state index in [9.17, 15) is 0 Å². The van der Waals surface area contributed by atoms with E-state index in [1.54, 1.807) is 4.68 Å². The third kappa shape index (κ3) is 2.46. The number of fused-ring (bicyclic) bond motifs is 1. The minimum Gasteiger partial charge on any atom is -0.439 e. The molecule has 144 valence electrons. The lowest BCUT2D eigenvalue weighted by Crippen LogP contribution is -2.36. The lowest BCUT2D eigenvalue weighted by Gasteiger charge is -2.33. The van der Waals surface area contributed by atoms with Gasteiger partial charge in [0.2, 0.25) is 5.71 Å². The van der Waals surface area contributed by atoms with Gasteiger partial charge in [0.15, 0.2) is 5.69 Å². The highest BCUT2D eigenvalue weighted by molar-refractivity contribution is 6.33. The van der Waals surface area contributed by atoms with Crippen molar-refractivity contribution in [3.05, 3.63) is 46.3 Å². The van der Waals surface area contributed by atoms with Crippen molar-refractivity contribution in [3.8, 4) is 16.9 Å². The molecule has 1 saturated heterocycles. The van der Waals surface area contributed by atoms with Crippen LogP contribution in [-0.2, 0) is 0 Å². The zero-order chi connectivity index (χ0) is 19.6. The molecule has 0 saturated carbocycles. The maximum absolute atomic E-state index is 6.67. The molecule has 0 bridgehead atoms. The van der Waals surface area contributed by atoms with Crippen LogP contribution in [0.25, 0.3) is 22.7 Å². The molecule has 4 aromatic rings. The van der Waals surface area contributed by atoms with Crippen LogP contribution in [-0.4, -0.2) is 37.5 Å². The maximum Gasteiger partial charge on any atom is 0.249 e. The van der Waals surface area contributed by atoms with Gasteiger partial charge in [-0.1, -0.05) is 11.6 Å². The zero-order valence-electron chi connectivity index (χ0n) is 16.3. The van der Waals surface area contributed by atoms with E-state index < -0.39 is 0 Å². The number of anilines is 1. The van der Waals surface area contributed by atoms with E-state index in [-0.39, 0.29) is 0 Å². The van der Waals surface area contributed by atoms with E-state index in [4.69, 9.17) is 21.1 Å². The molecule has 0 unspecified atom stereocenters. The second-order valence-corrected chi connectivity index (χ2v) is 7.69. The lowest BCUT2D eigenvalue weighted by molar-refractivity contribution is 0.569. The number of nitrogens with zero attached hydrogens (tertiary/aromatic N) is 6. The Kier molecular flexibility index (Phi) is 3.77. The largest absolute Gasteiger partial charge is 0.439 e. The summed E-state index contributed by atoms with van der Waals surface area (Å²) in [6.45, 7) is 9.85. The molecule has 1 aromatic carbocycles. The van der Waals surface area contributed by atoms with Gasteiger partial charge in [0.05, 0.1) is 10.7 Å². The standard InChI is InChI=1S/C20H21ClN6O/c1-11-18(26-14(4)22-13(3)24-26)20-27(23-11)19(12(2)28-20)16-7-6-15(10-17(16)21)25-8-5-9-25/h6-7,10H,5,8-9H2,1-4H3. The van der Waals surface area contributed by atoms with Gasteiger partial charge in [-0.15, -0.1) is 0 Å². The smallest absolute Gasteiger partial charge is 0.249 e. The highest BCUT2D eigenvalue weighted by Gasteiger charge is 2.25. The summed E-state index contributed by atoms with van der Waals surface area (Å²) in [6.07, 6.45) is 1.23. The van der Waals surface area contributed by atoms with Crippen molar-refractivity contribution in [1.29, 1.82) is 0 Å². The second kappa shape index (κ2) is 6.10. The Morgan fingerprint density at radius 1 is 1.07 bits per heavy atom. The average Bonchev–Trinajstić information content (AvgIpc) is 3.17. The highest BCUT2D eigenvalue weighted by Crippen LogP contribution is 2.37. The van der Waals surface area contributed by atoms with Gasteiger partial charge in [-0.3, -0.25) is 0 Å². The average molecular weight is 397 g/mol. The zero-order valence-corrected chi connectivity index (χ0v) is 17.1. The summed E-state index contributed by atoms with van der Waals surface area (Å²) in [6, 6.07) is 6.19. The third-order valence-electron chi connectivity index (χ3n) is 5.30. The first-order valence-electron chi connectivity index (χ1n) is 9.38. The van der Waals surface area contributed by atoms with Gasteiger partial charge in [0.25, 0.3) is 0 Å². The lowest BCUT2D eigenvalue weighted by atomic mass is 10.1. The fourth-order valence-electron chi connectivity index (χ4n) is 3.83. The molecule has 0 atom stereocenters. The molecule has 1 aliphatic rings. The number of aromatic nitrogens is 5. The number of benzene rings is 1. The second-order valence-electron chi connectivity index (χ2n) is 7.28. The maximum atomic E-state index is 6.67. The van der Waals surface area contributed by atoms with Crippen molar-refractivity contribution in [1.82, 2.24) is 24.4 Å². The number of aryl methyl sites for hydroxylation is 4. The summed E-state index contributed by atoms with van der Waals surface area (Å²) in [5, 5.41) is 9.92. The first-order chi connectivity index (χ1) is 13.4. The van der Waals surface area contributed by atoms with Crippen LogP contribution < -0.4 is 4.90 Å². The Morgan fingerprint density at radius 2 is 1.86 bits per heavy atom. The first-order valence-corrected chi connectivity index (χ1v) is 9.76. The molecule has 0 N–H and O–H groups in total. The Hall–Kier alpha value is -2.80. The van der Waals surface area contributed by atoms with E-state index in [0.717, 1.165) is 53.0 Å². The van der Waals surface area contributed by atoms with Gasteiger partial charge < -0.3 is 9.32 Å². The predicted octanol–water partition coefficient (Wildman–Crippen LogP) is 4.27. The molecular formula is C20H21ClN6O. The molecule has 3 aromatic heterocycles. The molecule has 8 heteroatoms. The Bertz CT molecular complexity index is 1210. The number of halogens is 1. The van der Waals surface area contributed by atoms with Crippen molar-refractivity contribution in [2.45, 2.75) is 34.1 Å². The van der Waals surface area contributed by atoms with Crippen molar-refractivity contribution < 1.29 is 4.42 Å². The van der Waals surface area contributed by atoms with Crippen molar-refractivity contribution in [2.24, 2.45) is 0 Å². The monoisotopic (exact) mass is 396 g/mol. The first kappa shape index (κ1) is 17.3. The Balaban J connectivity index is 1.68. The summed E-state index contributed by atoms with van der Waals surface area (Å²) < 4.78 is 9.74. The Labute approximate surface area is 167 Å². The summed E-state index contributed by atoms with van der Waals surface area (Å²) >= 11 is 6.67. The van der Waals surface area contributed by atoms with Gasteiger partial charge in [-0.05, 0) is 52.3 Å². The van der Waals surface area contributed by atoms with Gasteiger partial charge in [-0.25, -0.2) is 9.67 Å². The van der Waals surface area contributed by atoms with E-state index >= 15 is 0 Å². The minimum absolute atomic E-state index is 0.640. The summed E-state index contributed by atoms with van der Waals surface area (Å²) in [4.78, 5) is 6.72. The minimum atomic E-state index is 0.640. The molecule has 1 aliphatic heterocycles. The van der Waals surface area contributed by atoms with E-state index in [1.807, 2.05) is 38.3 Å². The molecule has 1 fully saturated rings. The van der Waals surface area contributed by atoms with Crippen molar-refractivity contribution in [2.75, 3.05) is 18.0 Å². The molecule has 5 rings (SSSR count). The number of hydrogen-bond acceptors (Lipinski definition) is 5. The third-order valence-corrected chi connectivity index (χ3v) is 5.61. The van der Waals surface area contributed by atoms with Gasteiger partial charge in [0.1, 0.15) is 23.1 Å². The number of hydrogen-bond donors (Lipinski definition) is 0. The molecule has 7 nitrogen and oxygen atoms in total. The van der Waals surface area contributed by atoms with Crippen LogP contribution in [0.4, 0.5) is 5.69 Å². The van der Waals surface area contributed by atoms with Gasteiger partial charge in [-0.2, -0.15) is 14.7 Å². The van der Waals surface area contributed by atoms with E-state index in [0.29, 0.717) is 16.6 Å². The molecule has 0 radical (unpaired) electrons. The molecule has 0 spiro atoms. The SMILES string of the molecule is Cc1nc(C)n(-c2c(C)nn3c(-c4ccc(N5CCC5)cc4Cl)c(C)oc23)n1. The predicted molar refractivity (Wildman–Crippen MR) is 109 cm³/mol. The van der Waals surface area contributed by atoms with E-state index in [1.165, 1.54) is 6.42 Å². The van der Waals surface area contributed by atoms with Crippen molar-refractivity contribution >= 4 is 23.0 Å². The van der Waals surface area contributed by atoms with E-state index in [2.05, 4.69) is 27.1 Å². The molecule has 28 heavy (non-hydrogen) atoms. The van der Waals surface area contributed by atoms with Crippen LogP contribution in [0.15, 0.2) is 22.6 Å². The topological polar surface area (TPSA) is 64.4 Å². The fraction of sp³-hybridized carbons (Fsp3) is 0.350. The van der Waals surface area contributed by atoms with Crippen LogP contribution in [0.3, 0.4) is 0 Å². The van der Waals surface area contributed by atoms with Crippen molar-refractivity contribution in [3.63, 3.8) is 0 Å². The molecule has 4 heterocycles. The van der Waals surface area contributed by atoms with Gasteiger partial charge in [0, 0.05) is 24.3 Å². The summed E-state index contributed by atoms with van der Waals surface area (Å²) in [5.41, 5.74) is 5.19. The Morgan fingerprint density at radius 3 is 2.46 bits per heavy atom. The van der Waals surface area contributed by atoms with Crippen LogP contribution in [0.1, 0.15) is 29.5 Å². The number of oxazole rings is 1. The summed E-state index contributed by atoms with van der Waals surface area (Å²) in [5.74, 6) is 2.27. The van der Waals surface area contributed by atoms with Crippen LogP contribution >= 0.6 is 11.6 Å². The number of rotatable bonds is 3. The highest BCUT2D eigenvalue weighted by atomic mass is 35.5. The molecule has 0 aliphatic carbocycles. The fourth-order valence-corrected chi connectivity index (χ4v) is 4.10.